The molecule has 2 aromatic rings. The molecule has 0 radical (unpaired) electrons. The average Bonchev–Trinajstić information content (AvgIpc) is 3.05. The second-order valence-corrected chi connectivity index (χ2v) is 7.13. The van der Waals surface area contributed by atoms with Gasteiger partial charge < -0.3 is 10.2 Å². The Labute approximate surface area is 146 Å². The van der Waals surface area contributed by atoms with E-state index >= 15 is 0 Å². The molecule has 2 aromatic carbocycles. The Bertz CT molecular complexity index is 733. The average molecular weight is 340 g/mol. The van der Waals surface area contributed by atoms with E-state index in [-0.39, 0.29) is 17.1 Å². The van der Waals surface area contributed by atoms with E-state index in [2.05, 4.69) is 17.4 Å². The van der Waals surface area contributed by atoms with Crippen molar-refractivity contribution in [3.63, 3.8) is 0 Å². The molecule has 0 fully saturated rings. The van der Waals surface area contributed by atoms with E-state index in [1.807, 2.05) is 31.3 Å². The zero-order valence-corrected chi connectivity index (χ0v) is 14.6. The van der Waals surface area contributed by atoms with Crippen molar-refractivity contribution in [2.75, 3.05) is 14.1 Å². The summed E-state index contributed by atoms with van der Waals surface area (Å²) in [5.74, 6) is 0.0395. The van der Waals surface area contributed by atoms with Crippen LogP contribution in [0.3, 0.4) is 0 Å². The lowest BCUT2D eigenvalue weighted by Gasteiger charge is -2.20. The molecule has 0 saturated carbocycles. The molecule has 1 atom stereocenters. The normalized spacial score (nSPS) is 15.7. The van der Waals surface area contributed by atoms with Crippen molar-refractivity contribution < 1.29 is 9.59 Å². The summed E-state index contributed by atoms with van der Waals surface area (Å²) in [4.78, 5) is 27.2. The van der Waals surface area contributed by atoms with Gasteiger partial charge >= 0.3 is 0 Å². The Morgan fingerprint density at radius 1 is 1.17 bits per heavy atom. The number of hydrogen-bond acceptors (Lipinski definition) is 3. The molecular weight excluding hydrogens is 320 g/mol. The lowest BCUT2D eigenvalue weighted by Crippen LogP contribution is -2.34. The molecule has 4 nitrogen and oxygen atoms in total. The van der Waals surface area contributed by atoms with Crippen LogP contribution in [0.4, 0.5) is 0 Å². The number of nitrogens with one attached hydrogen (secondary N) is 1. The third kappa shape index (κ3) is 3.46. The Morgan fingerprint density at radius 2 is 1.88 bits per heavy atom. The second kappa shape index (κ2) is 7.09. The van der Waals surface area contributed by atoms with Gasteiger partial charge in [-0.2, -0.15) is 0 Å². The van der Waals surface area contributed by atoms with Crippen LogP contribution in [0.15, 0.2) is 53.4 Å². The van der Waals surface area contributed by atoms with E-state index in [1.54, 1.807) is 35.8 Å². The molecule has 0 aliphatic carbocycles. The fourth-order valence-corrected chi connectivity index (χ4v) is 4.13. The zero-order chi connectivity index (χ0) is 17.1. The minimum atomic E-state index is -0.105. The fraction of sp³-hybridized carbons (Fsp3) is 0.263. The van der Waals surface area contributed by atoms with Crippen molar-refractivity contribution in [3.8, 4) is 0 Å². The van der Waals surface area contributed by atoms with Crippen LogP contribution in [0.25, 0.3) is 0 Å². The molecule has 124 valence electrons. The lowest BCUT2D eigenvalue weighted by molar-refractivity contribution is -0.129. The third-order valence-corrected chi connectivity index (χ3v) is 5.47. The molecule has 1 heterocycles. The standard InChI is InChI=1S/C19H20N2O2S/c1-20-18(22)14-9-7-13(8-10-14)12-21(2)19(23)17-11-15-5-3-4-6-16(15)24-17/h3-10,17H,11-12H2,1-2H3,(H,20,22). The molecule has 5 heteroatoms. The molecule has 0 bridgehead atoms. The van der Waals surface area contributed by atoms with Gasteiger partial charge in [-0.25, -0.2) is 0 Å². The maximum atomic E-state index is 12.7. The van der Waals surface area contributed by atoms with Crippen molar-refractivity contribution in [2.24, 2.45) is 0 Å². The molecule has 0 aromatic heterocycles. The topological polar surface area (TPSA) is 49.4 Å². The largest absolute Gasteiger partial charge is 0.355 e. The molecule has 0 saturated heterocycles. The predicted molar refractivity (Wildman–Crippen MR) is 96.1 cm³/mol. The van der Waals surface area contributed by atoms with Gasteiger partial charge in [0.25, 0.3) is 5.91 Å². The van der Waals surface area contributed by atoms with E-state index < -0.39 is 0 Å². The van der Waals surface area contributed by atoms with Crippen LogP contribution in [0.2, 0.25) is 0 Å². The Morgan fingerprint density at radius 3 is 2.54 bits per heavy atom. The summed E-state index contributed by atoms with van der Waals surface area (Å²) in [5.41, 5.74) is 2.89. The van der Waals surface area contributed by atoms with Gasteiger partial charge in [0, 0.05) is 31.1 Å². The molecule has 1 aliphatic rings. The van der Waals surface area contributed by atoms with Crippen molar-refractivity contribution >= 4 is 23.6 Å². The first-order chi connectivity index (χ1) is 11.6. The lowest BCUT2D eigenvalue weighted by atomic mass is 10.1. The summed E-state index contributed by atoms with van der Waals surface area (Å²) in [5, 5.41) is 2.56. The van der Waals surface area contributed by atoms with Gasteiger partial charge in [0.15, 0.2) is 0 Å². The first kappa shape index (κ1) is 16.6. The number of benzene rings is 2. The van der Waals surface area contributed by atoms with Gasteiger partial charge in [0.1, 0.15) is 0 Å². The van der Waals surface area contributed by atoms with Gasteiger partial charge in [0.05, 0.1) is 5.25 Å². The van der Waals surface area contributed by atoms with Crippen LogP contribution in [0.5, 0.6) is 0 Å². The van der Waals surface area contributed by atoms with Gasteiger partial charge in [0.2, 0.25) is 5.91 Å². The Hall–Kier alpha value is -2.27. The number of carbonyl (C=O) groups excluding carboxylic acids is 2. The van der Waals surface area contributed by atoms with Crippen LogP contribution >= 0.6 is 11.8 Å². The number of carbonyl (C=O) groups is 2. The van der Waals surface area contributed by atoms with Crippen LogP contribution in [-0.2, 0) is 17.8 Å². The predicted octanol–water partition coefficient (Wildman–Crippen LogP) is 2.72. The van der Waals surface area contributed by atoms with E-state index in [4.69, 9.17) is 0 Å². The first-order valence-electron chi connectivity index (χ1n) is 7.89. The molecule has 1 unspecified atom stereocenters. The van der Waals surface area contributed by atoms with Gasteiger partial charge in [-0.1, -0.05) is 30.3 Å². The highest BCUT2D eigenvalue weighted by molar-refractivity contribution is 8.01. The van der Waals surface area contributed by atoms with Crippen LogP contribution in [-0.4, -0.2) is 36.1 Å². The SMILES string of the molecule is CNC(=O)c1ccc(CN(C)C(=O)C2Cc3ccccc3S2)cc1. The van der Waals surface area contributed by atoms with Crippen molar-refractivity contribution in [3.05, 3.63) is 65.2 Å². The highest BCUT2D eigenvalue weighted by Crippen LogP contribution is 2.37. The number of fused-ring (bicyclic) bond motifs is 1. The van der Waals surface area contributed by atoms with Gasteiger partial charge in [-0.3, -0.25) is 9.59 Å². The van der Waals surface area contributed by atoms with E-state index in [1.165, 1.54) is 10.5 Å². The summed E-state index contributed by atoms with van der Waals surface area (Å²) < 4.78 is 0. The fourth-order valence-electron chi connectivity index (χ4n) is 2.82. The smallest absolute Gasteiger partial charge is 0.251 e. The van der Waals surface area contributed by atoms with Gasteiger partial charge in [-0.15, -0.1) is 11.8 Å². The van der Waals surface area contributed by atoms with Crippen molar-refractivity contribution in [2.45, 2.75) is 23.1 Å². The maximum absolute atomic E-state index is 12.7. The molecule has 1 N–H and O–H groups in total. The van der Waals surface area contributed by atoms with Gasteiger partial charge in [-0.05, 0) is 35.7 Å². The van der Waals surface area contributed by atoms with Crippen LogP contribution in [0.1, 0.15) is 21.5 Å². The molecule has 2 amide bonds. The quantitative estimate of drug-likeness (QED) is 0.931. The van der Waals surface area contributed by atoms with Crippen LogP contribution in [0, 0.1) is 0 Å². The van der Waals surface area contributed by atoms with Crippen LogP contribution < -0.4 is 5.32 Å². The highest BCUT2D eigenvalue weighted by atomic mass is 32.2. The second-order valence-electron chi connectivity index (χ2n) is 5.89. The Balaban J connectivity index is 1.62. The number of amides is 2. The van der Waals surface area contributed by atoms with E-state index in [0.717, 1.165) is 12.0 Å². The summed E-state index contributed by atoms with van der Waals surface area (Å²) >= 11 is 1.65. The number of hydrogen-bond donors (Lipinski definition) is 1. The minimum absolute atomic E-state index is 0.0439. The molecule has 1 aliphatic heterocycles. The van der Waals surface area contributed by atoms with E-state index in [9.17, 15) is 9.59 Å². The van der Waals surface area contributed by atoms with E-state index in [0.29, 0.717) is 12.1 Å². The maximum Gasteiger partial charge on any atom is 0.251 e. The number of thioether (sulfide) groups is 1. The zero-order valence-electron chi connectivity index (χ0n) is 13.8. The Kier molecular flexibility index (Phi) is 4.90. The molecule has 24 heavy (non-hydrogen) atoms. The first-order valence-corrected chi connectivity index (χ1v) is 8.77. The monoisotopic (exact) mass is 340 g/mol. The molecule has 3 rings (SSSR count). The molecular formula is C19H20N2O2S. The molecule has 0 spiro atoms. The summed E-state index contributed by atoms with van der Waals surface area (Å²) in [6.07, 6.45) is 0.791. The van der Waals surface area contributed by atoms with Crippen molar-refractivity contribution in [1.29, 1.82) is 0 Å². The summed E-state index contributed by atoms with van der Waals surface area (Å²) in [7, 11) is 3.44. The third-order valence-electron chi connectivity index (χ3n) is 4.16. The number of rotatable bonds is 4. The summed E-state index contributed by atoms with van der Waals surface area (Å²) in [6, 6.07) is 15.5. The van der Waals surface area contributed by atoms with Crippen molar-refractivity contribution in [1.82, 2.24) is 10.2 Å². The number of nitrogens with zero attached hydrogens (tertiary/aromatic N) is 1. The highest BCUT2D eigenvalue weighted by Gasteiger charge is 2.30. The minimum Gasteiger partial charge on any atom is -0.355 e. The summed E-state index contributed by atoms with van der Waals surface area (Å²) in [6.45, 7) is 0.542.